The van der Waals surface area contributed by atoms with Gasteiger partial charge in [-0.3, -0.25) is 19.3 Å². The molecule has 0 saturated heterocycles. The lowest BCUT2D eigenvalue weighted by Gasteiger charge is -2.27. The van der Waals surface area contributed by atoms with Crippen LogP contribution in [0.3, 0.4) is 0 Å². The zero-order chi connectivity index (χ0) is 20.7. The van der Waals surface area contributed by atoms with Gasteiger partial charge in [0.05, 0.1) is 18.2 Å². The number of nitrogens with one attached hydrogen (secondary N) is 2. The summed E-state index contributed by atoms with van der Waals surface area (Å²) in [5.41, 5.74) is 7.33. The van der Waals surface area contributed by atoms with Gasteiger partial charge in [-0.05, 0) is 49.9 Å². The Kier molecular flexibility index (Phi) is 7.71. The predicted molar refractivity (Wildman–Crippen MR) is 113 cm³/mol. The van der Waals surface area contributed by atoms with E-state index in [1.165, 1.54) is 11.3 Å². The van der Waals surface area contributed by atoms with Crippen LogP contribution in [0.2, 0.25) is 0 Å². The Hall–Kier alpha value is -2.71. The van der Waals surface area contributed by atoms with Crippen molar-refractivity contribution in [1.29, 1.82) is 0 Å². The van der Waals surface area contributed by atoms with Crippen LogP contribution in [0.1, 0.15) is 36.2 Å². The lowest BCUT2D eigenvalue weighted by Crippen LogP contribution is -2.46. The molecule has 0 bridgehead atoms. The predicted octanol–water partition coefficient (Wildman–Crippen LogP) is 2.83. The molecule has 8 heteroatoms. The van der Waals surface area contributed by atoms with Crippen LogP contribution >= 0.6 is 11.3 Å². The summed E-state index contributed by atoms with van der Waals surface area (Å²) in [5, 5.41) is 7.75. The van der Waals surface area contributed by atoms with E-state index in [1.54, 1.807) is 23.3 Å². The summed E-state index contributed by atoms with van der Waals surface area (Å²) in [5.74, 6) is -1.06. The maximum atomic E-state index is 12.7. The van der Waals surface area contributed by atoms with Gasteiger partial charge in [-0.15, -0.1) is 11.3 Å². The Bertz CT molecular complexity index is 849. The smallest absolute Gasteiger partial charge is 0.251 e. The Labute approximate surface area is 168 Å². The van der Waals surface area contributed by atoms with Gasteiger partial charge >= 0.3 is 0 Å². The molecule has 7 nitrogen and oxygen atoms in total. The van der Waals surface area contributed by atoms with Crippen LogP contribution in [0.15, 0.2) is 35.7 Å². The van der Waals surface area contributed by atoms with Gasteiger partial charge in [0.25, 0.3) is 5.91 Å². The van der Waals surface area contributed by atoms with Crippen molar-refractivity contribution in [3.05, 3.63) is 46.8 Å². The Morgan fingerprint density at radius 3 is 2.54 bits per heavy atom. The quantitative estimate of drug-likeness (QED) is 0.600. The number of carbonyl (C=O) groups is 3. The SMILES string of the molecule is CCCN(CC(=O)Nc1ccccc1C)C(C)C(=O)Nc1sccc1C(N)=O. The molecule has 2 rings (SSSR count). The average molecular weight is 403 g/mol. The topological polar surface area (TPSA) is 105 Å². The standard InChI is InChI=1S/C20H26N4O3S/c1-4-10-24(12-17(25)22-16-8-6-5-7-13(16)2)14(3)19(27)23-20-15(18(21)26)9-11-28-20/h5-9,11,14H,4,10,12H2,1-3H3,(H2,21,26)(H,22,25)(H,23,27). The molecule has 28 heavy (non-hydrogen) atoms. The first-order chi connectivity index (χ1) is 13.3. The van der Waals surface area contributed by atoms with E-state index in [2.05, 4.69) is 10.6 Å². The molecule has 0 saturated carbocycles. The number of amides is 3. The van der Waals surface area contributed by atoms with Crippen molar-refractivity contribution in [2.75, 3.05) is 23.7 Å². The molecular formula is C20H26N4O3S. The number of hydrogen-bond donors (Lipinski definition) is 3. The van der Waals surface area contributed by atoms with Gasteiger partial charge in [0.15, 0.2) is 0 Å². The van der Waals surface area contributed by atoms with Gasteiger partial charge in [0.2, 0.25) is 11.8 Å². The Morgan fingerprint density at radius 1 is 1.18 bits per heavy atom. The van der Waals surface area contributed by atoms with Crippen LogP contribution in [-0.2, 0) is 9.59 Å². The Balaban J connectivity index is 2.03. The second-order valence-corrected chi connectivity index (χ2v) is 7.44. The molecule has 0 spiro atoms. The number of primary amides is 1. The van der Waals surface area contributed by atoms with Crippen molar-refractivity contribution >= 4 is 39.7 Å². The number of para-hydroxylation sites is 1. The molecular weight excluding hydrogens is 376 g/mol. The number of nitrogens with zero attached hydrogens (tertiary/aromatic N) is 1. The molecule has 2 aromatic rings. The van der Waals surface area contributed by atoms with Gasteiger partial charge in [-0.2, -0.15) is 0 Å². The van der Waals surface area contributed by atoms with E-state index < -0.39 is 11.9 Å². The summed E-state index contributed by atoms with van der Waals surface area (Å²) in [6.45, 7) is 6.32. The number of carbonyl (C=O) groups excluding carboxylic acids is 3. The molecule has 0 aliphatic carbocycles. The number of rotatable bonds is 9. The molecule has 1 atom stereocenters. The zero-order valence-corrected chi connectivity index (χ0v) is 17.1. The molecule has 0 fully saturated rings. The molecule has 1 unspecified atom stereocenters. The fraction of sp³-hybridized carbons (Fsp3) is 0.350. The Morgan fingerprint density at radius 2 is 1.89 bits per heavy atom. The third-order valence-corrected chi connectivity index (χ3v) is 5.20. The van der Waals surface area contributed by atoms with E-state index in [4.69, 9.17) is 5.73 Å². The molecule has 0 aliphatic heterocycles. The van der Waals surface area contributed by atoms with Crippen LogP contribution in [-0.4, -0.2) is 41.8 Å². The highest BCUT2D eigenvalue weighted by Crippen LogP contribution is 2.23. The lowest BCUT2D eigenvalue weighted by molar-refractivity contribution is -0.123. The van der Waals surface area contributed by atoms with E-state index in [0.29, 0.717) is 11.5 Å². The minimum atomic E-state index is -0.591. The average Bonchev–Trinajstić information content (AvgIpc) is 3.11. The highest BCUT2D eigenvalue weighted by Gasteiger charge is 2.24. The lowest BCUT2D eigenvalue weighted by atomic mass is 10.2. The van der Waals surface area contributed by atoms with Crippen molar-refractivity contribution < 1.29 is 14.4 Å². The second kappa shape index (κ2) is 10.0. The van der Waals surface area contributed by atoms with Crippen molar-refractivity contribution in [1.82, 2.24) is 4.90 Å². The molecule has 0 aliphatic rings. The number of benzene rings is 1. The van der Waals surface area contributed by atoms with Crippen LogP contribution in [0, 0.1) is 6.92 Å². The molecule has 1 heterocycles. The third kappa shape index (κ3) is 5.64. The molecule has 1 aromatic carbocycles. The minimum Gasteiger partial charge on any atom is -0.366 e. The van der Waals surface area contributed by atoms with E-state index in [-0.39, 0.29) is 23.9 Å². The maximum absolute atomic E-state index is 12.7. The van der Waals surface area contributed by atoms with Crippen LogP contribution in [0.5, 0.6) is 0 Å². The summed E-state index contributed by atoms with van der Waals surface area (Å²) in [4.78, 5) is 38.4. The fourth-order valence-corrected chi connectivity index (χ4v) is 3.56. The summed E-state index contributed by atoms with van der Waals surface area (Å²) < 4.78 is 0. The molecule has 150 valence electrons. The van der Waals surface area contributed by atoms with Crippen LogP contribution < -0.4 is 16.4 Å². The van der Waals surface area contributed by atoms with Crippen molar-refractivity contribution in [2.24, 2.45) is 5.73 Å². The first kappa shape index (κ1) is 21.6. The number of thiophene rings is 1. The van der Waals surface area contributed by atoms with Crippen LogP contribution in [0.25, 0.3) is 0 Å². The molecule has 0 radical (unpaired) electrons. The highest BCUT2D eigenvalue weighted by molar-refractivity contribution is 7.14. The number of nitrogens with two attached hydrogens (primary N) is 1. The third-order valence-electron chi connectivity index (χ3n) is 4.37. The van der Waals surface area contributed by atoms with Crippen molar-refractivity contribution in [2.45, 2.75) is 33.2 Å². The largest absolute Gasteiger partial charge is 0.366 e. The molecule has 3 amide bonds. The monoisotopic (exact) mass is 402 g/mol. The van der Waals surface area contributed by atoms with Crippen molar-refractivity contribution in [3.8, 4) is 0 Å². The summed E-state index contributed by atoms with van der Waals surface area (Å²) >= 11 is 1.24. The maximum Gasteiger partial charge on any atom is 0.251 e. The zero-order valence-electron chi connectivity index (χ0n) is 16.3. The number of anilines is 2. The number of hydrogen-bond acceptors (Lipinski definition) is 5. The first-order valence-electron chi connectivity index (χ1n) is 9.11. The fourth-order valence-electron chi connectivity index (χ4n) is 2.77. The van der Waals surface area contributed by atoms with E-state index in [1.807, 2.05) is 38.1 Å². The van der Waals surface area contributed by atoms with Gasteiger partial charge in [0.1, 0.15) is 5.00 Å². The van der Waals surface area contributed by atoms with E-state index in [9.17, 15) is 14.4 Å². The molecule has 4 N–H and O–H groups in total. The van der Waals surface area contributed by atoms with Gasteiger partial charge in [-0.1, -0.05) is 25.1 Å². The first-order valence-corrected chi connectivity index (χ1v) is 9.99. The highest BCUT2D eigenvalue weighted by atomic mass is 32.1. The van der Waals surface area contributed by atoms with Crippen LogP contribution in [0.4, 0.5) is 10.7 Å². The summed E-state index contributed by atoms with van der Waals surface area (Å²) in [7, 11) is 0. The summed E-state index contributed by atoms with van der Waals surface area (Å²) in [6.07, 6.45) is 0.792. The van der Waals surface area contributed by atoms with Gasteiger partial charge in [0, 0.05) is 5.69 Å². The summed E-state index contributed by atoms with van der Waals surface area (Å²) in [6, 6.07) is 8.56. The second-order valence-electron chi connectivity index (χ2n) is 6.53. The van der Waals surface area contributed by atoms with Crippen molar-refractivity contribution in [3.63, 3.8) is 0 Å². The van der Waals surface area contributed by atoms with E-state index in [0.717, 1.165) is 17.7 Å². The minimum absolute atomic E-state index is 0.0872. The molecule has 1 aromatic heterocycles. The van der Waals surface area contributed by atoms with Gasteiger partial charge in [-0.25, -0.2) is 0 Å². The van der Waals surface area contributed by atoms with E-state index >= 15 is 0 Å². The normalized spacial score (nSPS) is 11.9. The number of aryl methyl sites for hydroxylation is 1. The van der Waals surface area contributed by atoms with Gasteiger partial charge < -0.3 is 16.4 Å².